The smallest absolute Gasteiger partial charge is 0.255 e. The van der Waals surface area contributed by atoms with Crippen LogP contribution in [0.3, 0.4) is 0 Å². The number of rotatable bonds is 11. The van der Waals surface area contributed by atoms with Gasteiger partial charge in [-0.1, -0.05) is 36.4 Å². The zero-order valence-corrected chi connectivity index (χ0v) is 23.9. The van der Waals surface area contributed by atoms with Crippen molar-refractivity contribution in [3.05, 3.63) is 118 Å². The predicted molar refractivity (Wildman–Crippen MR) is 166 cm³/mol. The van der Waals surface area contributed by atoms with E-state index in [1.54, 1.807) is 55.0 Å². The summed E-state index contributed by atoms with van der Waals surface area (Å²) in [5.74, 6) is 0.649. The molecule has 0 aliphatic heterocycles. The summed E-state index contributed by atoms with van der Waals surface area (Å²) >= 11 is 0. The third kappa shape index (κ3) is 8.01. The number of unbranched alkanes of at least 4 members (excludes halogenated alkanes) is 1. The van der Waals surface area contributed by atoms with Crippen LogP contribution in [0.15, 0.2) is 101 Å². The number of ether oxygens (including phenoxy) is 1. The van der Waals surface area contributed by atoms with Gasteiger partial charge in [-0.25, -0.2) is 4.98 Å². The molecule has 224 valence electrons. The van der Waals surface area contributed by atoms with Crippen LogP contribution in [0.4, 0.5) is 5.69 Å². The number of hydrogen-bond donors (Lipinski definition) is 4. The van der Waals surface area contributed by atoms with Gasteiger partial charge >= 0.3 is 0 Å². The number of hydrogen-bond acceptors (Lipinski definition) is 9. The summed E-state index contributed by atoms with van der Waals surface area (Å²) in [5, 5.41) is 16.7. The fourth-order valence-electron chi connectivity index (χ4n) is 4.39. The van der Waals surface area contributed by atoms with Crippen LogP contribution in [0.2, 0.25) is 0 Å². The summed E-state index contributed by atoms with van der Waals surface area (Å²) in [6.45, 7) is 1.29. The van der Waals surface area contributed by atoms with Crippen molar-refractivity contribution in [1.82, 2.24) is 30.6 Å². The van der Waals surface area contributed by atoms with Crippen molar-refractivity contribution in [3.8, 4) is 17.3 Å². The molecule has 0 aliphatic carbocycles. The van der Waals surface area contributed by atoms with Crippen molar-refractivity contribution >= 4 is 22.6 Å². The van der Waals surface area contributed by atoms with E-state index in [9.17, 15) is 9.59 Å². The summed E-state index contributed by atoms with van der Waals surface area (Å²) in [6.07, 6.45) is 7.33. The Labute approximate surface area is 252 Å². The number of nitrogens with two attached hydrogens (primary N) is 1. The van der Waals surface area contributed by atoms with E-state index >= 15 is 0 Å². The number of H-pyrrole nitrogens is 2. The highest BCUT2D eigenvalue weighted by atomic mass is 16.5. The Balaban J connectivity index is 0.000000418. The summed E-state index contributed by atoms with van der Waals surface area (Å²) in [6, 6.07) is 23.6. The molecule has 6 aromatic rings. The quantitative estimate of drug-likeness (QED) is 0.157. The second kappa shape index (κ2) is 15.0. The highest BCUT2D eigenvalue weighted by molar-refractivity contribution is 6.08. The van der Waals surface area contributed by atoms with Crippen molar-refractivity contribution < 1.29 is 13.9 Å². The molecule has 1 amide bonds. The molecule has 5 N–H and O–H groups in total. The maximum atomic E-state index is 12.9. The summed E-state index contributed by atoms with van der Waals surface area (Å²) in [5.41, 5.74) is 8.45. The SMILES string of the molecule is NCCc1cnc[nH]1.O=C(Nc1cccc2c(=O)cc(-c3nn[nH]n3)oc12)c1ccc(OCCCCc2ccccc2)cc1. The van der Waals surface area contributed by atoms with Crippen molar-refractivity contribution in [2.24, 2.45) is 5.73 Å². The van der Waals surface area contributed by atoms with Gasteiger partial charge in [0, 0.05) is 29.9 Å². The van der Waals surface area contributed by atoms with Crippen LogP contribution in [-0.2, 0) is 12.8 Å². The van der Waals surface area contributed by atoms with Crippen molar-refractivity contribution in [3.63, 3.8) is 0 Å². The third-order valence-electron chi connectivity index (χ3n) is 6.63. The first-order chi connectivity index (χ1) is 21.6. The molecule has 0 aliphatic rings. The highest BCUT2D eigenvalue weighted by Gasteiger charge is 2.15. The molecule has 0 bridgehead atoms. The molecule has 6 rings (SSSR count). The number of amides is 1. The van der Waals surface area contributed by atoms with Gasteiger partial charge in [-0.15, -0.1) is 10.2 Å². The van der Waals surface area contributed by atoms with E-state index < -0.39 is 0 Å². The van der Waals surface area contributed by atoms with Crippen molar-refractivity contribution in [2.45, 2.75) is 25.7 Å². The lowest BCUT2D eigenvalue weighted by Gasteiger charge is -2.10. The zero-order chi connectivity index (χ0) is 30.6. The number of carbonyl (C=O) groups is 1. The van der Waals surface area contributed by atoms with Crippen LogP contribution < -0.4 is 21.2 Å². The minimum Gasteiger partial charge on any atom is -0.494 e. The zero-order valence-electron chi connectivity index (χ0n) is 23.9. The number of tetrazole rings is 1. The van der Waals surface area contributed by atoms with E-state index in [4.69, 9.17) is 14.9 Å². The normalized spacial score (nSPS) is 10.7. The molecule has 0 atom stereocenters. The number of aryl methyl sites for hydroxylation is 1. The number of benzene rings is 3. The van der Waals surface area contributed by atoms with Gasteiger partial charge in [-0.3, -0.25) is 9.59 Å². The monoisotopic (exact) mass is 592 g/mol. The first-order valence-corrected chi connectivity index (χ1v) is 14.2. The molecule has 0 saturated heterocycles. The molecule has 0 spiro atoms. The van der Waals surface area contributed by atoms with E-state index in [1.165, 1.54) is 11.6 Å². The van der Waals surface area contributed by atoms with E-state index in [1.807, 2.05) is 18.2 Å². The summed E-state index contributed by atoms with van der Waals surface area (Å²) < 4.78 is 11.7. The van der Waals surface area contributed by atoms with Crippen LogP contribution in [0, 0.1) is 0 Å². The highest BCUT2D eigenvalue weighted by Crippen LogP contribution is 2.26. The number of aromatic amines is 2. The number of nitrogens with zero attached hydrogens (tertiary/aromatic N) is 4. The predicted octanol–water partition coefficient (Wildman–Crippen LogP) is 4.54. The molecule has 12 nitrogen and oxygen atoms in total. The number of imidazole rings is 1. The molecule has 44 heavy (non-hydrogen) atoms. The average molecular weight is 593 g/mol. The lowest BCUT2D eigenvalue weighted by atomic mass is 10.1. The van der Waals surface area contributed by atoms with Crippen LogP contribution in [0.1, 0.15) is 34.5 Å². The van der Waals surface area contributed by atoms with Gasteiger partial charge in [0.05, 0.1) is 24.0 Å². The van der Waals surface area contributed by atoms with Gasteiger partial charge in [0.1, 0.15) is 5.75 Å². The maximum Gasteiger partial charge on any atom is 0.255 e. The molecule has 0 unspecified atom stereocenters. The second-order valence-corrected chi connectivity index (χ2v) is 9.78. The van der Waals surface area contributed by atoms with Gasteiger partial charge in [-0.2, -0.15) is 5.21 Å². The number of para-hydroxylation sites is 1. The fraction of sp³-hybridized carbons (Fsp3) is 0.188. The molecule has 3 heterocycles. The van der Waals surface area contributed by atoms with Crippen LogP contribution in [-0.4, -0.2) is 49.7 Å². The molecule has 3 aromatic carbocycles. The van der Waals surface area contributed by atoms with E-state index in [0.717, 1.165) is 31.4 Å². The Hall–Kier alpha value is -5.62. The summed E-state index contributed by atoms with van der Waals surface area (Å²) in [4.78, 5) is 32.2. The van der Waals surface area contributed by atoms with Gasteiger partial charge in [0.15, 0.2) is 16.8 Å². The van der Waals surface area contributed by atoms with Crippen LogP contribution >= 0.6 is 0 Å². The standard InChI is InChI=1S/C27H23N5O4.C5H9N3/c33-23-17-24(26-29-31-32-30-26)36-25-21(23)10-6-11-22(25)28-27(34)19-12-14-20(15-13-19)35-16-5-4-9-18-7-2-1-3-8-18;6-2-1-5-3-7-4-8-5/h1-3,6-8,10-15,17H,4-5,9,16H2,(H,28,34)(H,29,30,31,32);3-4H,1-2,6H2,(H,7,8). The number of nitrogens with one attached hydrogen (secondary N) is 3. The molecule has 12 heteroatoms. The second-order valence-electron chi connectivity index (χ2n) is 9.78. The minimum absolute atomic E-state index is 0.144. The first-order valence-electron chi connectivity index (χ1n) is 14.2. The maximum absolute atomic E-state index is 12.9. The largest absolute Gasteiger partial charge is 0.494 e. The third-order valence-corrected chi connectivity index (χ3v) is 6.63. The fourth-order valence-corrected chi connectivity index (χ4v) is 4.39. The Bertz CT molecular complexity index is 1800. The van der Waals surface area contributed by atoms with Crippen molar-refractivity contribution in [2.75, 3.05) is 18.5 Å². The van der Waals surface area contributed by atoms with Gasteiger partial charge in [0.2, 0.25) is 5.82 Å². The van der Waals surface area contributed by atoms with Crippen molar-refractivity contribution in [1.29, 1.82) is 0 Å². The Morgan fingerprint density at radius 3 is 2.55 bits per heavy atom. The van der Waals surface area contributed by atoms with E-state index in [2.05, 4.69) is 48.0 Å². The molecule has 0 radical (unpaired) electrons. The van der Waals surface area contributed by atoms with Gasteiger partial charge in [0.25, 0.3) is 5.91 Å². The minimum atomic E-state index is -0.343. The molecular weight excluding hydrogens is 560 g/mol. The lowest BCUT2D eigenvalue weighted by Crippen LogP contribution is -2.13. The average Bonchev–Trinajstić information content (AvgIpc) is 3.78. The number of anilines is 1. The number of aromatic nitrogens is 6. The Morgan fingerprint density at radius 1 is 0.977 bits per heavy atom. The Kier molecular flexibility index (Phi) is 10.2. The molecule has 0 fully saturated rings. The van der Waals surface area contributed by atoms with Gasteiger partial charge in [-0.05, 0) is 73.0 Å². The molecule has 3 aromatic heterocycles. The molecular formula is C32H32N8O4. The summed E-state index contributed by atoms with van der Waals surface area (Å²) in [7, 11) is 0. The van der Waals surface area contributed by atoms with Gasteiger partial charge < -0.3 is 25.2 Å². The number of carbonyl (C=O) groups excluding carboxylic acids is 1. The van der Waals surface area contributed by atoms with Crippen LogP contribution in [0.25, 0.3) is 22.6 Å². The van der Waals surface area contributed by atoms with E-state index in [0.29, 0.717) is 35.5 Å². The Morgan fingerprint density at radius 2 is 1.82 bits per heavy atom. The topological polar surface area (TPSA) is 178 Å². The number of fused-ring (bicyclic) bond motifs is 1. The first kappa shape index (κ1) is 29.9. The van der Waals surface area contributed by atoms with Crippen LogP contribution in [0.5, 0.6) is 5.75 Å². The molecule has 0 saturated carbocycles. The van der Waals surface area contributed by atoms with E-state index in [-0.39, 0.29) is 28.5 Å². The lowest BCUT2D eigenvalue weighted by molar-refractivity contribution is 0.102.